The molecule has 1 aromatic heterocycles. The minimum atomic E-state index is -0.445. The number of carbonyl (C=O) groups is 2. The van der Waals surface area contributed by atoms with Crippen LogP contribution in [-0.2, 0) is 4.79 Å². The Hall–Kier alpha value is -4.72. The lowest BCUT2D eigenvalue weighted by atomic mass is 10.1. The van der Waals surface area contributed by atoms with Gasteiger partial charge in [0.2, 0.25) is 0 Å². The maximum absolute atomic E-state index is 12.3. The van der Waals surface area contributed by atoms with E-state index in [1.807, 2.05) is 73.8 Å². The average molecular weight is 482 g/mol. The Balaban J connectivity index is 1.37. The Kier molecular flexibility index (Phi) is 8.22. The summed E-state index contributed by atoms with van der Waals surface area (Å²) in [4.78, 5) is 24.6. The van der Waals surface area contributed by atoms with E-state index in [0.717, 1.165) is 28.9 Å². The molecule has 0 saturated heterocycles. The minimum absolute atomic E-state index is 0.209. The van der Waals surface area contributed by atoms with Gasteiger partial charge in [-0.25, -0.2) is 10.1 Å². The fraction of sp³-hybridized carbons (Fsp3) is 0.143. The molecular formula is C28H27N5O3. The first-order valence-corrected chi connectivity index (χ1v) is 11.7. The van der Waals surface area contributed by atoms with E-state index in [-0.39, 0.29) is 12.5 Å². The van der Waals surface area contributed by atoms with Gasteiger partial charge in [0.05, 0.1) is 25.1 Å². The highest BCUT2D eigenvalue weighted by atomic mass is 16.5. The van der Waals surface area contributed by atoms with Gasteiger partial charge in [-0.3, -0.25) is 9.59 Å². The van der Waals surface area contributed by atoms with E-state index in [1.165, 1.54) is 0 Å². The second kappa shape index (κ2) is 12.1. The second-order valence-corrected chi connectivity index (χ2v) is 7.93. The number of hydrogen-bond acceptors (Lipinski definition) is 5. The Bertz CT molecular complexity index is 1320. The van der Waals surface area contributed by atoms with Crippen molar-refractivity contribution in [1.29, 1.82) is 0 Å². The third kappa shape index (κ3) is 6.44. The number of nitrogens with one attached hydrogen (secondary N) is 2. The fourth-order valence-electron chi connectivity index (χ4n) is 3.41. The van der Waals surface area contributed by atoms with Crippen LogP contribution in [0.25, 0.3) is 16.9 Å². The molecule has 182 valence electrons. The van der Waals surface area contributed by atoms with E-state index in [9.17, 15) is 9.59 Å². The average Bonchev–Trinajstić information content (AvgIpc) is 3.36. The molecule has 0 aliphatic carbocycles. The topological polar surface area (TPSA) is 97.6 Å². The standard InChI is InChI=1S/C28H27N5O3/c1-2-17-36-25-15-13-22(14-16-25)28(35)29-19-26(34)31-30-18-23-20-33(24-11-7-4-8-12-24)32-27(23)21-9-5-3-6-10-21/h3-16,18,20H,2,17,19H2,1H3,(H,29,35)(H,31,34)/b30-18-. The van der Waals surface area contributed by atoms with Crippen LogP contribution >= 0.6 is 0 Å². The Morgan fingerprint density at radius 1 is 0.972 bits per heavy atom. The summed E-state index contributed by atoms with van der Waals surface area (Å²) < 4.78 is 7.28. The molecule has 2 N–H and O–H groups in total. The van der Waals surface area contributed by atoms with Crippen molar-refractivity contribution in [2.45, 2.75) is 13.3 Å². The number of para-hydroxylation sites is 1. The summed E-state index contributed by atoms with van der Waals surface area (Å²) in [5, 5.41) is 11.4. The lowest BCUT2D eigenvalue weighted by molar-refractivity contribution is -0.120. The number of rotatable bonds is 10. The van der Waals surface area contributed by atoms with Crippen molar-refractivity contribution >= 4 is 18.0 Å². The van der Waals surface area contributed by atoms with Crippen LogP contribution < -0.4 is 15.5 Å². The third-order valence-electron chi connectivity index (χ3n) is 5.20. The molecule has 2 amide bonds. The van der Waals surface area contributed by atoms with E-state index in [1.54, 1.807) is 35.2 Å². The van der Waals surface area contributed by atoms with E-state index < -0.39 is 5.91 Å². The van der Waals surface area contributed by atoms with Gasteiger partial charge >= 0.3 is 0 Å². The first-order chi connectivity index (χ1) is 17.6. The van der Waals surface area contributed by atoms with Gasteiger partial charge in [-0.1, -0.05) is 55.5 Å². The van der Waals surface area contributed by atoms with Crippen LogP contribution in [0.3, 0.4) is 0 Å². The molecule has 0 fully saturated rings. The quantitative estimate of drug-likeness (QED) is 0.262. The van der Waals surface area contributed by atoms with Gasteiger partial charge in [-0.2, -0.15) is 10.2 Å². The molecule has 0 bridgehead atoms. The number of hydrogen-bond donors (Lipinski definition) is 2. The molecule has 0 atom stereocenters. The highest BCUT2D eigenvalue weighted by Gasteiger charge is 2.11. The predicted octanol–water partition coefficient (Wildman–Crippen LogP) is 4.21. The zero-order valence-corrected chi connectivity index (χ0v) is 19.9. The van der Waals surface area contributed by atoms with Crippen molar-refractivity contribution in [1.82, 2.24) is 20.5 Å². The molecule has 0 saturated carbocycles. The zero-order chi connectivity index (χ0) is 25.2. The number of carbonyl (C=O) groups excluding carboxylic acids is 2. The molecule has 8 heteroatoms. The molecule has 4 rings (SSSR count). The summed E-state index contributed by atoms with van der Waals surface area (Å²) in [6.07, 6.45) is 4.30. The van der Waals surface area contributed by atoms with Crippen LogP contribution in [0, 0.1) is 0 Å². The number of amides is 2. The maximum atomic E-state index is 12.3. The number of benzene rings is 3. The number of hydrazone groups is 1. The molecule has 0 radical (unpaired) electrons. The normalized spacial score (nSPS) is 10.8. The molecular weight excluding hydrogens is 454 g/mol. The van der Waals surface area contributed by atoms with Crippen LogP contribution in [0.15, 0.2) is 96.2 Å². The molecule has 0 aliphatic rings. The summed E-state index contributed by atoms with van der Waals surface area (Å²) in [5.74, 6) is -0.100. The monoisotopic (exact) mass is 481 g/mol. The lowest BCUT2D eigenvalue weighted by Crippen LogP contribution is -2.34. The molecule has 0 aliphatic heterocycles. The highest BCUT2D eigenvalue weighted by Crippen LogP contribution is 2.22. The second-order valence-electron chi connectivity index (χ2n) is 7.93. The molecule has 0 spiro atoms. The lowest BCUT2D eigenvalue weighted by Gasteiger charge is -2.07. The number of ether oxygens (including phenoxy) is 1. The molecule has 3 aromatic carbocycles. The summed E-state index contributed by atoms with van der Waals surface area (Å²) in [7, 11) is 0. The Morgan fingerprint density at radius 3 is 2.36 bits per heavy atom. The maximum Gasteiger partial charge on any atom is 0.259 e. The number of aromatic nitrogens is 2. The smallest absolute Gasteiger partial charge is 0.259 e. The molecule has 1 heterocycles. The van der Waals surface area contributed by atoms with Crippen molar-refractivity contribution in [2.75, 3.05) is 13.2 Å². The van der Waals surface area contributed by atoms with Crippen LogP contribution in [0.1, 0.15) is 29.3 Å². The van der Waals surface area contributed by atoms with Gasteiger partial charge in [0.15, 0.2) is 0 Å². The van der Waals surface area contributed by atoms with Crippen molar-refractivity contribution in [2.24, 2.45) is 5.10 Å². The molecule has 0 unspecified atom stereocenters. The summed E-state index contributed by atoms with van der Waals surface area (Å²) in [6, 6.07) is 26.3. The van der Waals surface area contributed by atoms with Gasteiger partial charge < -0.3 is 10.1 Å². The first-order valence-electron chi connectivity index (χ1n) is 11.7. The van der Waals surface area contributed by atoms with Crippen LogP contribution in [0.2, 0.25) is 0 Å². The zero-order valence-electron chi connectivity index (χ0n) is 19.9. The molecule has 36 heavy (non-hydrogen) atoms. The van der Waals surface area contributed by atoms with Crippen molar-refractivity contribution in [3.63, 3.8) is 0 Å². The largest absolute Gasteiger partial charge is 0.494 e. The van der Waals surface area contributed by atoms with E-state index in [0.29, 0.717) is 17.9 Å². The predicted molar refractivity (Wildman–Crippen MR) is 139 cm³/mol. The summed E-state index contributed by atoms with van der Waals surface area (Å²) in [5.41, 5.74) is 6.20. The highest BCUT2D eigenvalue weighted by molar-refractivity contribution is 5.96. The van der Waals surface area contributed by atoms with Gasteiger partial charge in [0.1, 0.15) is 11.4 Å². The first kappa shape index (κ1) is 24.4. The number of nitrogens with zero attached hydrogens (tertiary/aromatic N) is 3. The van der Waals surface area contributed by atoms with Gasteiger partial charge in [0, 0.05) is 22.9 Å². The van der Waals surface area contributed by atoms with Crippen molar-refractivity contribution in [3.05, 3.63) is 102 Å². The third-order valence-corrected chi connectivity index (χ3v) is 5.20. The SMILES string of the molecule is CCCOc1ccc(C(=O)NCC(=O)N/N=C\c2cn(-c3ccccc3)nc2-c2ccccc2)cc1. The summed E-state index contributed by atoms with van der Waals surface area (Å²) >= 11 is 0. The van der Waals surface area contributed by atoms with Crippen molar-refractivity contribution in [3.8, 4) is 22.7 Å². The van der Waals surface area contributed by atoms with E-state index >= 15 is 0 Å². The van der Waals surface area contributed by atoms with Gasteiger partial charge in [-0.05, 0) is 42.8 Å². The van der Waals surface area contributed by atoms with E-state index in [2.05, 4.69) is 15.8 Å². The van der Waals surface area contributed by atoms with Crippen molar-refractivity contribution < 1.29 is 14.3 Å². The van der Waals surface area contributed by atoms with Gasteiger partial charge in [-0.15, -0.1) is 0 Å². The van der Waals surface area contributed by atoms with Crippen LogP contribution in [-0.4, -0.2) is 41.0 Å². The molecule has 8 nitrogen and oxygen atoms in total. The van der Waals surface area contributed by atoms with E-state index in [4.69, 9.17) is 9.84 Å². The Morgan fingerprint density at radius 2 is 1.67 bits per heavy atom. The Labute approximate surface area is 209 Å². The van der Waals surface area contributed by atoms with Gasteiger partial charge in [0.25, 0.3) is 11.8 Å². The summed E-state index contributed by atoms with van der Waals surface area (Å²) in [6.45, 7) is 2.43. The van der Waals surface area contributed by atoms with Crippen LogP contribution in [0.4, 0.5) is 0 Å². The molecule has 4 aromatic rings. The minimum Gasteiger partial charge on any atom is -0.494 e. The fourth-order valence-corrected chi connectivity index (χ4v) is 3.41. The van der Waals surface area contributed by atoms with Crippen LogP contribution in [0.5, 0.6) is 5.75 Å².